The third-order valence-electron chi connectivity index (χ3n) is 8.58. The molecule has 5 saturated carbocycles. The molecule has 8 heteroatoms. The highest BCUT2D eigenvalue weighted by molar-refractivity contribution is 6.37. The fourth-order valence-corrected chi connectivity index (χ4v) is 8.18. The van der Waals surface area contributed by atoms with E-state index in [0.717, 1.165) is 47.7 Å². The number of amidine groups is 1. The first-order valence-corrected chi connectivity index (χ1v) is 14.7. The molecule has 4 bridgehead atoms. The molecule has 1 N–H and O–H groups in total. The molecule has 0 atom stereocenters. The lowest BCUT2D eigenvalue weighted by Gasteiger charge is -2.55. The van der Waals surface area contributed by atoms with Gasteiger partial charge in [0.25, 0.3) is 0 Å². The highest BCUT2D eigenvalue weighted by Gasteiger charge is 2.51. The molecule has 0 aliphatic heterocycles. The van der Waals surface area contributed by atoms with Crippen LogP contribution in [0.1, 0.15) is 57.1 Å². The SMILES string of the molecule is Clc1ccc(-c2c(Cl)c(C(=NC34CC5CC(CC(C5)C3)C4)NC3CC3)nn2-c2ccc(Cl)cc2Cl)cc1. The van der Waals surface area contributed by atoms with Crippen molar-refractivity contribution in [2.75, 3.05) is 0 Å². The van der Waals surface area contributed by atoms with Crippen molar-refractivity contribution in [1.82, 2.24) is 15.1 Å². The van der Waals surface area contributed by atoms with Crippen molar-refractivity contribution in [2.45, 2.75) is 62.9 Å². The van der Waals surface area contributed by atoms with Crippen LogP contribution in [0.25, 0.3) is 16.9 Å². The molecular formula is C29H28Cl4N4. The van der Waals surface area contributed by atoms with Gasteiger partial charge in [0.15, 0.2) is 5.84 Å². The number of hydrogen-bond donors (Lipinski definition) is 1. The maximum absolute atomic E-state index is 7.22. The van der Waals surface area contributed by atoms with E-state index in [1.165, 1.54) is 38.5 Å². The third-order valence-corrected chi connectivity index (χ3v) is 9.73. The topological polar surface area (TPSA) is 42.2 Å². The van der Waals surface area contributed by atoms with E-state index >= 15 is 0 Å². The zero-order valence-electron chi connectivity index (χ0n) is 20.4. The van der Waals surface area contributed by atoms with Gasteiger partial charge >= 0.3 is 0 Å². The first-order chi connectivity index (χ1) is 17.9. The van der Waals surface area contributed by atoms with Gasteiger partial charge in [0.1, 0.15) is 5.69 Å². The van der Waals surface area contributed by atoms with Crippen molar-refractivity contribution in [3.05, 3.63) is 68.2 Å². The predicted molar refractivity (Wildman–Crippen MR) is 153 cm³/mol. The molecule has 1 aromatic heterocycles. The number of aliphatic imine (C=N–C) groups is 1. The van der Waals surface area contributed by atoms with E-state index < -0.39 is 0 Å². The molecule has 5 aliphatic rings. The van der Waals surface area contributed by atoms with Crippen LogP contribution in [-0.2, 0) is 0 Å². The number of rotatable bonds is 5. The van der Waals surface area contributed by atoms with Crippen LogP contribution in [0.5, 0.6) is 0 Å². The van der Waals surface area contributed by atoms with Crippen LogP contribution in [0.2, 0.25) is 20.1 Å². The summed E-state index contributed by atoms with van der Waals surface area (Å²) in [5.74, 6) is 3.25. The second-order valence-electron chi connectivity index (χ2n) is 11.5. The van der Waals surface area contributed by atoms with Crippen LogP contribution in [-0.4, -0.2) is 27.2 Å². The minimum absolute atomic E-state index is 0.00254. The van der Waals surface area contributed by atoms with Crippen LogP contribution in [0, 0.1) is 17.8 Å². The van der Waals surface area contributed by atoms with E-state index in [4.69, 9.17) is 56.5 Å². The molecule has 37 heavy (non-hydrogen) atoms. The van der Waals surface area contributed by atoms with Gasteiger partial charge in [-0.3, -0.25) is 4.99 Å². The Balaban J connectivity index is 1.39. The van der Waals surface area contributed by atoms with Crippen molar-refractivity contribution >= 4 is 52.2 Å². The van der Waals surface area contributed by atoms with Crippen molar-refractivity contribution in [1.29, 1.82) is 0 Å². The van der Waals surface area contributed by atoms with Crippen molar-refractivity contribution < 1.29 is 0 Å². The van der Waals surface area contributed by atoms with Crippen molar-refractivity contribution in [2.24, 2.45) is 22.7 Å². The van der Waals surface area contributed by atoms with Crippen LogP contribution < -0.4 is 5.32 Å². The Kier molecular flexibility index (Phi) is 6.04. The summed E-state index contributed by atoms with van der Waals surface area (Å²) in [6.45, 7) is 0. The molecule has 5 aliphatic carbocycles. The normalized spacial score (nSPS) is 28.6. The Morgan fingerprint density at radius 3 is 2.08 bits per heavy atom. The molecule has 4 nitrogen and oxygen atoms in total. The average molecular weight is 574 g/mol. The van der Waals surface area contributed by atoms with E-state index in [1.54, 1.807) is 6.07 Å². The molecule has 192 valence electrons. The highest BCUT2D eigenvalue weighted by atomic mass is 35.5. The maximum atomic E-state index is 7.22. The van der Waals surface area contributed by atoms with Gasteiger partial charge in [-0.05, 0) is 99.5 Å². The number of hydrogen-bond acceptors (Lipinski definition) is 2. The lowest BCUT2D eigenvalue weighted by atomic mass is 9.53. The van der Waals surface area contributed by atoms with Crippen LogP contribution >= 0.6 is 46.4 Å². The second kappa shape index (κ2) is 9.19. The monoisotopic (exact) mass is 572 g/mol. The van der Waals surface area contributed by atoms with Crippen molar-refractivity contribution in [3.63, 3.8) is 0 Å². The fourth-order valence-electron chi connectivity index (χ4n) is 7.25. The molecular weight excluding hydrogens is 546 g/mol. The largest absolute Gasteiger partial charge is 0.366 e. The minimum atomic E-state index is -0.00254. The Morgan fingerprint density at radius 2 is 1.49 bits per heavy atom. The van der Waals surface area contributed by atoms with Gasteiger partial charge in [0.2, 0.25) is 0 Å². The number of aromatic nitrogens is 2. The predicted octanol–water partition coefficient (Wildman–Crippen LogP) is 8.62. The van der Waals surface area contributed by atoms with E-state index in [1.807, 2.05) is 41.1 Å². The summed E-state index contributed by atoms with van der Waals surface area (Å²) in [4.78, 5) is 5.54. The smallest absolute Gasteiger partial charge is 0.151 e. The molecule has 5 fully saturated rings. The van der Waals surface area contributed by atoms with Gasteiger partial charge in [-0.1, -0.05) is 58.5 Å². The lowest BCUT2D eigenvalue weighted by molar-refractivity contribution is 0.00154. The number of nitrogens with zero attached hydrogens (tertiary/aromatic N) is 3. The Morgan fingerprint density at radius 1 is 0.865 bits per heavy atom. The highest BCUT2D eigenvalue weighted by Crippen LogP contribution is 2.57. The molecule has 0 unspecified atom stereocenters. The van der Waals surface area contributed by atoms with Crippen LogP contribution in [0.4, 0.5) is 0 Å². The van der Waals surface area contributed by atoms with E-state index in [0.29, 0.717) is 37.5 Å². The summed E-state index contributed by atoms with van der Waals surface area (Å²) in [5.41, 5.74) is 3.05. The number of benzene rings is 2. The number of halogens is 4. The quantitative estimate of drug-likeness (QED) is 0.245. The first kappa shape index (κ1) is 24.3. The molecule has 3 aromatic rings. The summed E-state index contributed by atoms with van der Waals surface area (Å²) in [7, 11) is 0. The standard InChI is InChI=1S/C29H28Cl4N4/c30-20-3-1-19(2-4-20)27-25(33)26(36-37(27)24-8-5-21(31)12-23(24)32)28(34-22-6-7-22)35-29-13-16-9-17(14-29)11-18(10-16)15-29/h1-5,8,12,16-18,22H,6-7,9-11,13-15H2,(H,34,35). The van der Waals surface area contributed by atoms with Crippen molar-refractivity contribution in [3.8, 4) is 16.9 Å². The Bertz CT molecular complexity index is 1350. The summed E-state index contributed by atoms with van der Waals surface area (Å²) in [5, 5.41) is 11.1. The summed E-state index contributed by atoms with van der Waals surface area (Å²) < 4.78 is 1.82. The van der Waals surface area contributed by atoms with Crippen LogP contribution in [0.3, 0.4) is 0 Å². The molecule has 0 spiro atoms. The Hall–Kier alpha value is -1.72. The summed E-state index contributed by atoms with van der Waals surface area (Å²) >= 11 is 26.3. The van der Waals surface area contributed by atoms with Gasteiger partial charge in [0.05, 0.1) is 27.0 Å². The lowest BCUT2D eigenvalue weighted by Crippen LogP contribution is -2.50. The second-order valence-corrected chi connectivity index (χ2v) is 13.2. The minimum Gasteiger partial charge on any atom is -0.366 e. The number of nitrogens with one attached hydrogen (secondary N) is 1. The fraction of sp³-hybridized carbons (Fsp3) is 0.448. The van der Waals surface area contributed by atoms with Crippen LogP contribution in [0.15, 0.2) is 47.5 Å². The van der Waals surface area contributed by atoms with E-state index in [2.05, 4.69) is 5.32 Å². The molecule has 1 heterocycles. The van der Waals surface area contributed by atoms with Gasteiger partial charge < -0.3 is 5.32 Å². The molecule has 8 rings (SSSR count). The molecule has 0 amide bonds. The zero-order chi connectivity index (χ0) is 25.3. The van der Waals surface area contributed by atoms with Gasteiger partial charge in [-0.2, -0.15) is 5.10 Å². The average Bonchev–Trinajstić information content (AvgIpc) is 3.59. The first-order valence-electron chi connectivity index (χ1n) is 13.2. The summed E-state index contributed by atoms with van der Waals surface area (Å²) in [6.07, 6.45) is 9.97. The summed E-state index contributed by atoms with van der Waals surface area (Å²) in [6, 6.07) is 13.5. The zero-order valence-corrected chi connectivity index (χ0v) is 23.4. The molecule has 2 aromatic carbocycles. The van der Waals surface area contributed by atoms with E-state index in [9.17, 15) is 0 Å². The third kappa shape index (κ3) is 4.58. The van der Waals surface area contributed by atoms with Gasteiger partial charge in [0, 0.05) is 21.7 Å². The van der Waals surface area contributed by atoms with Gasteiger partial charge in [-0.25, -0.2) is 4.68 Å². The van der Waals surface area contributed by atoms with Gasteiger partial charge in [-0.15, -0.1) is 0 Å². The van der Waals surface area contributed by atoms with E-state index in [-0.39, 0.29) is 5.54 Å². The molecule has 0 radical (unpaired) electrons. The maximum Gasteiger partial charge on any atom is 0.151 e. The molecule has 0 saturated heterocycles. The Labute approximate surface area is 237 Å².